The molecule has 13 heteroatoms. The van der Waals surface area contributed by atoms with Crippen molar-refractivity contribution in [2.45, 2.75) is 69.8 Å². The Morgan fingerprint density at radius 2 is 1.90 bits per heavy atom. The molecule has 0 unspecified atom stereocenters. The molecule has 2 aliphatic rings. The minimum absolute atomic E-state index is 0.0514. The van der Waals surface area contributed by atoms with Crippen LogP contribution in [0.1, 0.15) is 61.4 Å². The quantitative estimate of drug-likeness (QED) is 0.427. The second-order valence-corrected chi connectivity index (χ2v) is 10.8. The molecule has 2 amide bonds. The number of alkyl halides is 3. The number of hydrogen-bond acceptors (Lipinski definition) is 8. The zero-order valence-corrected chi connectivity index (χ0v) is 23.8. The first-order chi connectivity index (χ1) is 19.5. The standard InChI is InChI=1S/C28H38F3N7O3/c1-17(39)38(3)23-10-6-5-9-21(23)34-25-20(28(29,30)31)15-32-27(36-25)35-22-12-11-18(14-24(22)41-4)26(40)33-19-8-7-13-37(2)16-19/h11-12,14-15,19,21,23H,5-10,13,16H2,1-4H3,(H,33,40)(H2,32,34,35,36)/t19-,21-,23-/m1/s1. The summed E-state index contributed by atoms with van der Waals surface area (Å²) in [7, 11) is 5.12. The first kappa shape index (κ1) is 30.4. The lowest BCUT2D eigenvalue weighted by Gasteiger charge is -2.38. The summed E-state index contributed by atoms with van der Waals surface area (Å²) >= 11 is 0. The molecule has 10 nitrogen and oxygen atoms in total. The van der Waals surface area contributed by atoms with Crippen LogP contribution >= 0.6 is 0 Å². The number of hydrogen-bond donors (Lipinski definition) is 3. The van der Waals surface area contributed by atoms with Crippen molar-refractivity contribution in [2.24, 2.45) is 0 Å². The van der Waals surface area contributed by atoms with Gasteiger partial charge in [-0.1, -0.05) is 12.8 Å². The van der Waals surface area contributed by atoms with Crippen molar-refractivity contribution < 1.29 is 27.5 Å². The van der Waals surface area contributed by atoms with Crippen LogP contribution in [0.25, 0.3) is 0 Å². The normalized spacial score (nSPS) is 21.6. The molecule has 1 saturated carbocycles. The molecule has 1 aromatic heterocycles. The second-order valence-electron chi connectivity index (χ2n) is 10.8. The van der Waals surface area contributed by atoms with Gasteiger partial charge in [-0.25, -0.2) is 4.98 Å². The van der Waals surface area contributed by atoms with E-state index in [-0.39, 0.29) is 35.7 Å². The lowest BCUT2D eigenvalue weighted by Crippen LogP contribution is -2.49. The molecule has 2 fully saturated rings. The number of carbonyl (C=O) groups is 2. The molecule has 0 radical (unpaired) electrons. The Bertz CT molecular complexity index is 1240. The highest BCUT2D eigenvalue weighted by molar-refractivity contribution is 5.95. The number of rotatable bonds is 8. The first-order valence-corrected chi connectivity index (χ1v) is 13.8. The number of anilines is 3. The predicted octanol–water partition coefficient (Wildman–Crippen LogP) is 4.27. The van der Waals surface area contributed by atoms with Crippen LogP contribution in [0.15, 0.2) is 24.4 Å². The van der Waals surface area contributed by atoms with Gasteiger partial charge in [0.25, 0.3) is 5.91 Å². The molecular formula is C28H38F3N7O3. The van der Waals surface area contributed by atoms with Crippen LogP contribution in [-0.2, 0) is 11.0 Å². The minimum Gasteiger partial charge on any atom is -0.495 e. The monoisotopic (exact) mass is 577 g/mol. The van der Waals surface area contributed by atoms with Crippen molar-refractivity contribution in [1.29, 1.82) is 0 Å². The van der Waals surface area contributed by atoms with Gasteiger partial charge in [-0.05, 0) is 57.5 Å². The van der Waals surface area contributed by atoms with E-state index in [1.165, 1.54) is 14.0 Å². The van der Waals surface area contributed by atoms with Gasteiger partial charge in [-0.15, -0.1) is 0 Å². The maximum Gasteiger partial charge on any atom is 0.421 e. The van der Waals surface area contributed by atoms with Gasteiger partial charge < -0.3 is 30.5 Å². The van der Waals surface area contributed by atoms with Gasteiger partial charge in [0, 0.05) is 44.4 Å². The van der Waals surface area contributed by atoms with E-state index in [1.54, 1.807) is 30.1 Å². The number of piperidine rings is 1. The molecule has 224 valence electrons. The Kier molecular flexibility index (Phi) is 9.57. The fourth-order valence-corrected chi connectivity index (χ4v) is 5.52. The van der Waals surface area contributed by atoms with Crippen LogP contribution < -0.4 is 20.7 Å². The van der Waals surface area contributed by atoms with Crippen LogP contribution in [0.3, 0.4) is 0 Å². The number of likely N-dealkylation sites (tertiary alicyclic amines) is 1. The average Bonchev–Trinajstić information content (AvgIpc) is 2.92. The molecular weight excluding hydrogens is 539 g/mol. The average molecular weight is 578 g/mol. The van der Waals surface area contributed by atoms with Crippen LogP contribution in [0, 0.1) is 0 Å². The summed E-state index contributed by atoms with van der Waals surface area (Å²) in [6, 6.07) is 4.17. The Balaban J connectivity index is 1.55. The highest BCUT2D eigenvalue weighted by atomic mass is 19.4. The molecule has 1 saturated heterocycles. The maximum absolute atomic E-state index is 13.9. The molecule has 1 aromatic carbocycles. The third-order valence-corrected chi connectivity index (χ3v) is 7.81. The van der Waals surface area contributed by atoms with Crippen molar-refractivity contribution >= 4 is 29.3 Å². The number of likely N-dealkylation sites (N-methyl/N-ethyl adjacent to an activating group) is 2. The summed E-state index contributed by atoms with van der Waals surface area (Å²) in [5, 5.41) is 8.95. The largest absolute Gasteiger partial charge is 0.495 e. The molecule has 1 aliphatic heterocycles. The fraction of sp³-hybridized carbons (Fsp3) is 0.571. The van der Waals surface area contributed by atoms with E-state index in [0.717, 1.165) is 45.0 Å². The fourth-order valence-electron chi connectivity index (χ4n) is 5.52. The maximum atomic E-state index is 13.9. The van der Waals surface area contributed by atoms with Crippen molar-refractivity contribution in [1.82, 2.24) is 25.1 Å². The number of nitrogens with one attached hydrogen (secondary N) is 3. The van der Waals surface area contributed by atoms with Gasteiger partial charge in [-0.2, -0.15) is 18.2 Å². The summed E-state index contributed by atoms with van der Waals surface area (Å²) in [6.07, 6.45) is 0.950. The summed E-state index contributed by atoms with van der Waals surface area (Å²) in [5.74, 6) is -0.512. The van der Waals surface area contributed by atoms with E-state index in [4.69, 9.17) is 4.74 Å². The third-order valence-electron chi connectivity index (χ3n) is 7.81. The Morgan fingerprint density at radius 1 is 1.15 bits per heavy atom. The number of ether oxygens (including phenoxy) is 1. The van der Waals surface area contributed by atoms with Gasteiger partial charge in [0.15, 0.2) is 0 Å². The van der Waals surface area contributed by atoms with Crippen molar-refractivity contribution in [3.8, 4) is 5.75 Å². The van der Waals surface area contributed by atoms with E-state index < -0.39 is 17.8 Å². The highest BCUT2D eigenvalue weighted by Gasteiger charge is 2.38. The molecule has 0 spiro atoms. The third kappa shape index (κ3) is 7.57. The van der Waals surface area contributed by atoms with Gasteiger partial charge >= 0.3 is 6.18 Å². The lowest BCUT2D eigenvalue weighted by molar-refractivity contribution is -0.137. The van der Waals surface area contributed by atoms with E-state index in [0.29, 0.717) is 29.8 Å². The van der Waals surface area contributed by atoms with Gasteiger partial charge in [0.1, 0.15) is 17.1 Å². The SMILES string of the molecule is COc1cc(C(=O)N[C@@H]2CCCN(C)C2)ccc1Nc1ncc(C(F)(F)F)c(N[C@@H]2CCCC[C@H]2N(C)C(C)=O)n1. The molecule has 2 aromatic rings. The Morgan fingerprint density at radius 3 is 2.59 bits per heavy atom. The molecule has 41 heavy (non-hydrogen) atoms. The van der Waals surface area contributed by atoms with Crippen LogP contribution in [0.5, 0.6) is 5.75 Å². The lowest BCUT2D eigenvalue weighted by atomic mass is 9.89. The van der Waals surface area contributed by atoms with Gasteiger partial charge in [0.2, 0.25) is 11.9 Å². The zero-order valence-electron chi connectivity index (χ0n) is 23.8. The van der Waals surface area contributed by atoms with E-state index in [1.807, 2.05) is 7.05 Å². The van der Waals surface area contributed by atoms with E-state index in [9.17, 15) is 22.8 Å². The molecule has 1 aliphatic carbocycles. The number of methoxy groups -OCH3 is 1. The number of nitrogens with zero attached hydrogens (tertiary/aromatic N) is 4. The van der Waals surface area contributed by atoms with Gasteiger partial charge in [0.05, 0.1) is 18.8 Å². The van der Waals surface area contributed by atoms with E-state index in [2.05, 4.69) is 30.8 Å². The number of carbonyl (C=O) groups excluding carboxylic acids is 2. The molecule has 4 rings (SSSR count). The summed E-state index contributed by atoms with van der Waals surface area (Å²) in [4.78, 5) is 36.7. The number of benzene rings is 1. The number of halogens is 3. The number of aromatic nitrogens is 2. The summed E-state index contributed by atoms with van der Waals surface area (Å²) < 4.78 is 47.2. The number of amides is 2. The van der Waals surface area contributed by atoms with Crippen LogP contribution in [-0.4, -0.2) is 84.0 Å². The highest BCUT2D eigenvalue weighted by Crippen LogP contribution is 2.36. The smallest absolute Gasteiger partial charge is 0.421 e. The molecule has 3 N–H and O–H groups in total. The predicted molar refractivity (Wildman–Crippen MR) is 149 cm³/mol. The van der Waals surface area contributed by atoms with Crippen molar-refractivity contribution in [2.75, 3.05) is 44.9 Å². The minimum atomic E-state index is -4.68. The van der Waals surface area contributed by atoms with Crippen LogP contribution in [0.4, 0.5) is 30.6 Å². The second kappa shape index (κ2) is 12.9. The molecule has 2 heterocycles. The topological polar surface area (TPSA) is 112 Å². The van der Waals surface area contributed by atoms with Crippen molar-refractivity contribution in [3.05, 3.63) is 35.5 Å². The molecule has 3 atom stereocenters. The van der Waals surface area contributed by atoms with Crippen LogP contribution in [0.2, 0.25) is 0 Å². The molecule has 0 bridgehead atoms. The van der Waals surface area contributed by atoms with Crippen molar-refractivity contribution in [3.63, 3.8) is 0 Å². The summed E-state index contributed by atoms with van der Waals surface area (Å²) in [6.45, 7) is 3.22. The van der Waals surface area contributed by atoms with Gasteiger partial charge in [-0.3, -0.25) is 9.59 Å². The first-order valence-electron chi connectivity index (χ1n) is 13.8. The zero-order chi connectivity index (χ0) is 29.7. The Labute approximate surface area is 238 Å². The Hall–Kier alpha value is -3.61. The summed E-state index contributed by atoms with van der Waals surface area (Å²) in [5.41, 5.74) is -0.210. The van der Waals surface area contributed by atoms with E-state index >= 15 is 0 Å².